The highest BCUT2D eigenvalue weighted by atomic mass is 79.9. The summed E-state index contributed by atoms with van der Waals surface area (Å²) < 4.78 is 7.11. The zero-order valence-electron chi connectivity index (χ0n) is 22.8. The number of amides is 1. The van der Waals surface area contributed by atoms with Crippen LogP contribution in [0, 0.1) is 10.8 Å². The molecule has 0 saturated heterocycles. The number of nitrogens with one attached hydrogen (secondary N) is 2. The molecule has 40 heavy (non-hydrogen) atoms. The Morgan fingerprint density at radius 3 is 1.93 bits per heavy atom. The molecule has 210 valence electrons. The first-order chi connectivity index (χ1) is 18.7. The van der Waals surface area contributed by atoms with Crippen molar-refractivity contribution in [3.63, 3.8) is 0 Å². The number of carbonyl (C=O) groups is 3. The topological polar surface area (TPSA) is 84.5 Å². The van der Waals surface area contributed by atoms with E-state index < -0.39 is 5.92 Å². The molecule has 1 amide bonds. The molecule has 2 aliphatic carbocycles. The Balaban J connectivity index is 1.47. The maximum Gasteiger partial charge on any atom is 0.262 e. The summed E-state index contributed by atoms with van der Waals surface area (Å²) in [6.45, 7) is 8.21. The van der Waals surface area contributed by atoms with Gasteiger partial charge in [0, 0.05) is 52.0 Å². The van der Waals surface area contributed by atoms with Gasteiger partial charge in [-0.3, -0.25) is 14.4 Å². The van der Waals surface area contributed by atoms with E-state index in [9.17, 15) is 14.4 Å². The van der Waals surface area contributed by atoms with Crippen molar-refractivity contribution in [3.8, 4) is 5.75 Å². The number of hydrogen-bond donors (Lipinski definition) is 2. The van der Waals surface area contributed by atoms with E-state index >= 15 is 0 Å². The predicted molar refractivity (Wildman–Crippen MR) is 163 cm³/mol. The summed E-state index contributed by atoms with van der Waals surface area (Å²) in [6.07, 6.45) is 2.33. The minimum atomic E-state index is -0.465. The summed E-state index contributed by atoms with van der Waals surface area (Å²) in [6, 6.07) is 10.6. The highest BCUT2D eigenvalue weighted by molar-refractivity contribution is 9.11. The molecule has 1 heterocycles. The Morgan fingerprint density at radius 1 is 0.925 bits per heavy atom. The maximum absolute atomic E-state index is 13.6. The first-order valence-electron chi connectivity index (χ1n) is 13.2. The molecule has 1 aliphatic heterocycles. The average molecular weight is 691 g/mol. The van der Waals surface area contributed by atoms with E-state index in [-0.39, 0.29) is 34.9 Å². The third-order valence-corrected chi connectivity index (χ3v) is 8.98. The van der Waals surface area contributed by atoms with Crippen molar-refractivity contribution in [1.82, 2.24) is 5.32 Å². The SMILES string of the molecule is CC1(C)CC(=O)C2=C(C1)NC1=C(C(=O)CC(C)(C)C1)C2c1cc(Br)c(OCC(=O)Nc2ccc(Cl)cc2)c(Br)c1. The molecule has 0 fully saturated rings. The van der Waals surface area contributed by atoms with Gasteiger partial charge in [-0.15, -0.1) is 0 Å². The van der Waals surface area contributed by atoms with E-state index in [0.29, 0.717) is 49.4 Å². The number of dihydropyridines is 1. The largest absolute Gasteiger partial charge is 0.481 e. The van der Waals surface area contributed by atoms with Crippen molar-refractivity contribution < 1.29 is 19.1 Å². The van der Waals surface area contributed by atoms with Gasteiger partial charge in [0.15, 0.2) is 18.2 Å². The number of ketones is 2. The Labute approximate surface area is 256 Å². The first kappa shape index (κ1) is 29.1. The fraction of sp³-hybridized carbons (Fsp3) is 0.387. The molecule has 2 N–H and O–H groups in total. The first-order valence-corrected chi connectivity index (χ1v) is 15.2. The Morgan fingerprint density at radius 2 is 1.43 bits per heavy atom. The van der Waals surface area contributed by atoms with Gasteiger partial charge in [0.1, 0.15) is 5.75 Å². The molecule has 0 spiro atoms. The van der Waals surface area contributed by atoms with E-state index in [1.165, 1.54) is 0 Å². The second-order valence-electron chi connectivity index (χ2n) is 12.4. The van der Waals surface area contributed by atoms with E-state index in [4.69, 9.17) is 16.3 Å². The number of halogens is 3. The molecular formula is C31H31Br2ClN2O4. The number of ether oxygens (including phenoxy) is 1. The number of allylic oxidation sites excluding steroid dienone is 4. The molecule has 3 aliphatic rings. The molecule has 0 unspecified atom stereocenters. The Kier molecular flexibility index (Phi) is 7.83. The smallest absolute Gasteiger partial charge is 0.262 e. The lowest BCUT2D eigenvalue weighted by atomic mass is 9.64. The van der Waals surface area contributed by atoms with Crippen LogP contribution in [0.4, 0.5) is 5.69 Å². The van der Waals surface area contributed by atoms with Crippen molar-refractivity contribution in [2.24, 2.45) is 10.8 Å². The van der Waals surface area contributed by atoms with Crippen molar-refractivity contribution in [2.45, 2.75) is 59.3 Å². The molecule has 0 atom stereocenters. The molecule has 5 rings (SSSR count). The van der Waals surface area contributed by atoms with E-state index in [1.54, 1.807) is 24.3 Å². The minimum absolute atomic E-state index is 0.0689. The molecule has 6 nitrogen and oxygen atoms in total. The van der Waals surface area contributed by atoms with E-state index in [2.05, 4.69) is 70.2 Å². The highest BCUT2D eigenvalue weighted by Gasteiger charge is 2.46. The number of anilines is 1. The number of benzene rings is 2. The summed E-state index contributed by atoms with van der Waals surface area (Å²) in [7, 11) is 0. The molecule has 0 bridgehead atoms. The third kappa shape index (κ3) is 5.95. The van der Waals surface area contributed by atoms with Crippen LogP contribution in [0.5, 0.6) is 5.75 Å². The van der Waals surface area contributed by atoms with Gasteiger partial charge in [0.25, 0.3) is 5.91 Å². The van der Waals surface area contributed by atoms with Crippen LogP contribution < -0.4 is 15.4 Å². The second-order valence-corrected chi connectivity index (χ2v) is 14.5. The van der Waals surface area contributed by atoms with Crippen LogP contribution in [0.15, 0.2) is 67.9 Å². The third-order valence-electron chi connectivity index (χ3n) is 7.55. The van der Waals surface area contributed by atoms with Gasteiger partial charge >= 0.3 is 0 Å². The normalized spacial score (nSPS) is 20.1. The number of hydrogen-bond acceptors (Lipinski definition) is 5. The quantitative estimate of drug-likeness (QED) is 0.334. The molecule has 2 aromatic rings. The average Bonchev–Trinajstić information content (AvgIpc) is 2.82. The van der Waals surface area contributed by atoms with Crippen LogP contribution >= 0.6 is 43.5 Å². The number of rotatable bonds is 5. The predicted octanol–water partition coefficient (Wildman–Crippen LogP) is 7.86. The summed E-state index contributed by atoms with van der Waals surface area (Å²) in [4.78, 5) is 39.7. The van der Waals surface area contributed by atoms with Gasteiger partial charge in [-0.2, -0.15) is 0 Å². The van der Waals surface area contributed by atoms with Gasteiger partial charge in [-0.05, 0) is 97.5 Å². The van der Waals surface area contributed by atoms with Gasteiger partial charge < -0.3 is 15.4 Å². The fourth-order valence-corrected chi connectivity index (χ4v) is 7.55. The standard InChI is InChI=1S/C31H31Br2ClN2O4/c1-30(2)11-21-27(23(37)13-30)26(28-22(36-21)12-31(3,4)14-24(28)38)16-9-19(32)29(20(33)10-16)40-15-25(39)35-18-7-5-17(34)6-8-18/h5-10,26,36H,11-15H2,1-4H3,(H,35,39). The van der Waals surface area contributed by atoms with Crippen molar-refractivity contribution >= 4 is 66.6 Å². The highest BCUT2D eigenvalue weighted by Crippen LogP contribution is 2.52. The molecule has 0 radical (unpaired) electrons. The van der Waals surface area contributed by atoms with Gasteiger partial charge in [0.05, 0.1) is 8.95 Å². The Hall–Kier alpha value is -2.42. The number of Topliss-reactive ketones (excluding diaryl/α,β-unsaturated/α-hetero) is 2. The van der Waals surface area contributed by atoms with Gasteiger partial charge in [-0.25, -0.2) is 0 Å². The van der Waals surface area contributed by atoms with Crippen LogP contribution in [-0.4, -0.2) is 24.1 Å². The van der Waals surface area contributed by atoms with Crippen molar-refractivity contribution in [1.29, 1.82) is 0 Å². The second kappa shape index (κ2) is 10.8. The lowest BCUT2D eigenvalue weighted by molar-refractivity contribution is -0.119. The van der Waals surface area contributed by atoms with Crippen LogP contribution in [-0.2, 0) is 14.4 Å². The lowest BCUT2D eigenvalue weighted by Gasteiger charge is -2.44. The van der Waals surface area contributed by atoms with E-state index in [0.717, 1.165) is 29.8 Å². The van der Waals surface area contributed by atoms with Crippen LogP contribution in [0.25, 0.3) is 0 Å². The molecule has 2 aromatic carbocycles. The minimum Gasteiger partial charge on any atom is -0.481 e. The van der Waals surface area contributed by atoms with Gasteiger partial charge in [-0.1, -0.05) is 39.3 Å². The fourth-order valence-electron chi connectivity index (χ4n) is 5.97. The number of carbonyl (C=O) groups excluding carboxylic acids is 3. The lowest BCUT2D eigenvalue weighted by Crippen LogP contribution is -2.42. The van der Waals surface area contributed by atoms with Crippen LogP contribution in [0.3, 0.4) is 0 Å². The monoisotopic (exact) mass is 688 g/mol. The van der Waals surface area contributed by atoms with E-state index in [1.807, 2.05) is 12.1 Å². The molecule has 0 saturated carbocycles. The summed E-state index contributed by atoms with van der Waals surface area (Å²) >= 11 is 13.1. The zero-order valence-corrected chi connectivity index (χ0v) is 26.8. The van der Waals surface area contributed by atoms with Crippen LogP contribution in [0.1, 0.15) is 64.9 Å². The zero-order chi connectivity index (χ0) is 29.0. The molecule has 9 heteroatoms. The van der Waals surface area contributed by atoms with Crippen LogP contribution in [0.2, 0.25) is 5.02 Å². The molecular weight excluding hydrogens is 660 g/mol. The summed E-state index contributed by atoms with van der Waals surface area (Å²) in [5, 5.41) is 6.90. The Bertz CT molecular complexity index is 1420. The van der Waals surface area contributed by atoms with Crippen molar-refractivity contribution in [3.05, 3.63) is 78.5 Å². The summed E-state index contributed by atoms with van der Waals surface area (Å²) in [5.41, 5.74) is 4.31. The van der Waals surface area contributed by atoms with Crippen molar-refractivity contribution in [2.75, 3.05) is 11.9 Å². The molecule has 0 aromatic heterocycles. The van der Waals surface area contributed by atoms with Gasteiger partial charge in [0.2, 0.25) is 0 Å². The maximum atomic E-state index is 13.6. The summed E-state index contributed by atoms with van der Waals surface area (Å²) in [5.74, 6) is -0.189.